The minimum absolute atomic E-state index is 0.00181. The molecule has 2 rings (SSSR count). The number of nitrogens with zero attached hydrogens (tertiary/aromatic N) is 1. The Morgan fingerprint density at radius 2 is 1.78 bits per heavy atom. The number of non-ortho nitro benzene ring substituents is 1. The molecule has 9 heteroatoms. The first-order valence-corrected chi connectivity index (χ1v) is 8.03. The van der Waals surface area contributed by atoms with Gasteiger partial charge in [0.05, 0.1) is 11.3 Å². The zero-order valence-electron chi connectivity index (χ0n) is 14.2. The largest absolute Gasteiger partial charge is 0.487 e. The Hall–Kier alpha value is -3.49. The molecule has 0 atom stereocenters. The lowest BCUT2D eigenvalue weighted by Gasteiger charge is -2.08. The highest BCUT2D eigenvalue weighted by molar-refractivity contribution is 5.94. The van der Waals surface area contributed by atoms with Gasteiger partial charge in [-0.1, -0.05) is 12.1 Å². The number of hydrogen-bond acceptors (Lipinski definition) is 6. The zero-order chi connectivity index (χ0) is 19.6. The summed E-state index contributed by atoms with van der Waals surface area (Å²) in [4.78, 5) is 33.4. The van der Waals surface area contributed by atoms with E-state index in [1.165, 1.54) is 42.5 Å². The summed E-state index contributed by atoms with van der Waals surface area (Å²) in [6, 6.07) is 11.0. The Balaban J connectivity index is 1.63. The standard InChI is InChI=1S/C18H17FN2O6/c19-15-3-1-2-4-16(15)26-11-12-27-17(22)9-10-20-18(23)13-5-7-14(8-6-13)21(24)25/h1-8H,9-12H2,(H,20,23). The molecule has 2 aromatic carbocycles. The van der Waals surface area contributed by atoms with Crippen LogP contribution in [0.3, 0.4) is 0 Å². The fourth-order valence-corrected chi connectivity index (χ4v) is 2.06. The number of ether oxygens (including phenoxy) is 2. The van der Waals surface area contributed by atoms with Crippen LogP contribution in [0.1, 0.15) is 16.8 Å². The van der Waals surface area contributed by atoms with Gasteiger partial charge in [0, 0.05) is 24.2 Å². The number of para-hydroxylation sites is 1. The second-order valence-electron chi connectivity index (χ2n) is 5.31. The lowest BCUT2D eigenvalue weighted by Crippen LogP contribution is -2.26. The van der Waals surface area contributed by atoms with E-state index in [4.69, 9.17) is 9.47 Å². The molecule has 0 aromatic heterocycles. The van der Waals surface area contributed by atoms with Crippen LogP contribution in [-0.2, 0) is 9.53 Å². The number of benzene rings is 2. The number of carbonyl (C=O) groups excluding carboxylic acids is 2. The molecule has 0 radical (unpaired) electrons. The highest BCUT2D eigenvalue weighted by atomic mass is 19.1. The van der Waals surface area contributed by atoms with Crippen molar-refractivity contribution < 1.29 is 28.4 Å². The average Bonchev–Trinajstić information content (AvgIpc) is 2.66. The van der Waals surface area contributed by atoms with Crippen LogP contribution in [0.5, 0.6) is 5.75 Å². The number of rotatable bonds is 9. The molecule has 0 saturated heterocycles. The second-order valence-corrected chi connectivity index (χ2v) is 5.31. The third kappa shape index (κ3) is 6.38. The summed E-state index contributed by atoms with van der Waals surface area (Å²) in [7, 11) is 0. The highest BCUT2D eigenvalue weighted by Crippen LogP contribution is 2.15. The SMILES string of the molecule is O=C(CCNC(=O)c1ccc([N+](=O)[O-])cc1)OCCOc1ccccc1F. The Kier molecular flexibility index (Phi) is 7.24. The van der Waals surface area contributed by atoms with Crippen LogP contribution in [0.15, 0.2) is 48.5 Å². The number of amides is 1. The van der Waals surface area contributed by atoms with Gasteiger partial charge in [0.15, 0.2) is 11.6 Å². The van der Waals surface area contributed by atoms with Crippen LogP contribution in [0.2, 0.25) is 0 Å². The Labute approximate surface area is 154 Å². The molecule has 1 N–H and O–H groups in total. The highest BCUT2D eigenvalue weighted by Gasteiger charge is 2.10. The predicted octanol–water partition coefficient (Wildman–Crippen LogP) is 2.48. The second kappa shape index (κ2) is 9.85. The van der Waals surface area contributed by atoms with Crippen molar-refractivity contribution in [1.82, 2.24) is 5.32 Å². The summed E-state index contributed by atoms with van der Waals surface area (Å²) >= 11 is 0. The number of nitro benzene ring substituents is 1. The molecule has 0 heterocycles. The van der Waals surface area contributed by atoms with Crippen LogP contribution < -0.4 is 10.1 Å². The van der Waals surface area contributed by atoms with Gasteiger partial charge in [-0.25, -0.2) is 4.39 Å². The average molecular weight is 376 g/mol. The first-order valence-electron chi connectivity index (χ1n) is 8.03. The molecule has 8 nitrogen and oxygen atoms in total. The van der Waals surface area contributed by atoms with E-state index in [2.05, 4.69) is 5.32 Å². The molecule has 0 saturated carbocycles. The Bertz CT molecular complexity index is 810. The molecule has 2 aromatic rings. The first-order chi connectivity index (χ1) is 13.0. The van der Waals surface area contributed by atoms with E-state index in [9.17, 15) is 24.1 Å². The topological polar surface area (TPSA) is 108 Å². The molecule has 0 bridgehead atoms. The van der Waals surface area contributed by atoms with Crippen molar-refractivity contribution in [2.24, 2.45) is 0 Å². The predicted molar refractivity (Wildman–Crippen MR) is 92.9 cm³/mol. The molecule has 0 unspecified atom stereocenters. The van der Waals surface area contributed by atoms with Gasteiger partial charge < -0.3 is 14.8 Å². The van der Waals surface area contributed by atoms with Crippen LogP contribution in [0.25, 0.3) is 0 Å². The molecule has 0 aliphatic heterocycles. The van der Waals surface area contributed by atoms with Crippen molar-refractivity contribution in [2.75, 3.05) is 19.8 Å². The van der Waals surface area contributed by atoms with Crippen molar-refractivity contribution in [2.45, 2.75) is 6.42 Å². The Morgan fingerprint density at radius 1 is 1.07 bits per heavy atom. The molecule has 0 aliphatic carbocycles. The van der Waals surface area contributed by atoms with Gasteiger partial charge >= 0.3 is 5.97 Å². The van der Waals surface area contributed by atoms with Gasteiger partial charge in [0.2, 0.25) is 0 Å². The maximum atomic E-state index is 13.3. The van der Waals surface area contributed by atoms with E-state index in [1.807, 2.05) is 0 Å². The van der Waals surface area contributed by atoms with E-state index in [0.29, 0.717) is 0 Å². The zero-order valence-corrected chi connectivity index (χ0v) is 14.2. The Morgan fingerprint density at radius 3 is 2.44 bits per heavy atom. The number of esters is 1. The van der Waals surface area contributed by atoms with Gasteiger partial charge in [0.1, 0.15) is 13.2 Å². The summed E-state index contributed by atoms with van der Waals surface area (Å²) in [5, 5.41) is 13.1. The van der Waals surface area contributed by atoms with Gasteiger partial charge in [-0.05, 0) is 24.3 Å². The normalized spacial score (nSPS) is 10.1. The fourth-order valence-electron chi connectivity index (χ4n) is 2.06. The minimum atomic E-state index is -0.562. The van der Waals surface area contributed by atoms with Crippen LogP contribution >= 0.6 is 0 Å². The van der Waals surface area contributed by atoms with Crippen molar-refractivity contribution in [3.8, 4) is 5.75 Å². The molecule has 0 aliphatic rings. The van der Waals surface area contributed by atoms with Crippen LogP contribution in [-0.4, -0.2) is 36.6 Å². The number of carbonyl (C=O) groups is 2. The number of halogens is 1. The lowest BCUT2D eigenvalue weighted by molar-refractivity contribution is -0.384. The smallest absolute Gasteiger partial charge is 0.307 e. The first kappa shape index (κ1) is 19.8. The molecule has 27 heavy (non-hydrogen) atoms. The quantitative estimate of drug-likeness (QED) is 0.312. The monoisotopic (exact) mass is 376 g/mol. The minimum Gasteiger partial charge on any atom is -0.487 e. The van der Waals surface area contributed by atoms with Crippen LogP contribution in [0.4, 0.5) is 10.1 Å². The summed E-state index contributed by atoms with van der Waals surface area (Å²) < 4.78 is 23.4. The molecule has 142 valence electrons. The summed E-state index contributed by atoms with van der Waals surface area (Å²) in [6.07, 6.45) is -0.0571. The van der Waals surface area contributed by atoms with Gasteiger partial charge in [0.25, 0.3) is 11.6 Å². The molecule has 0 spiro atoms. The van der Waals surface area contributed by atoms with E-state index in [0.717, 1.165) is 0 Å². The third-order valence-electron chi connectivity index (χ3n) is 3.40. The number of hydrogen-bond donors (Lipinski definition) is 1. The van der Waals surface area contributed by atoms with Crippen LogP contribution in [0, 0.1) is 15.9 Å². The molecule has 0 fully saturated rings. The number of nitro groups is 1. The maximum Gasteiger partial charge on any atom is 0.307 e. The van der Waals surface area contributed by atoms with E-state index >= 15 is 0 Å². The van der Waals surface area contributed by atoms with E-state index in [1.54, 1.807) is 6.07 Å². The molecular formula is C18H17FN2O6. The van der Waals surface area contributed by atoms with E-state index in [-0.39, 0.29) is 43.2 Å². The summed E-state index contributed by atoms with van der Waals surface area (Å²) in [5.41, 5.74) is 0.125. The maximum absolute atomic E-state index is 13.3. The van der Waals surface area contributed by atoms with Gasteiger partial charge in [-0.2, -0.15) is 0 Å². The van der Waals surface area contributed by atoms with Crippen molar-refractivity contribution in [1.29, 1.82) is 0 Å². The summed E-state index contributed by atoms with van der Waals surface area (Å²) in [5.74, 6) is -1.43. The van der Waals surface area contributed by atoms with Gasteiger partial charge in [-0.3, -0.25) is 19.7 Å². The molecular weight excluding hydrogens is 359 g/mol. The van der Waals surface area contributed by atoms with E-state index < -0.39 is 22.6 Å². The number of nitrogens with one attached hydrogen (secondary N) is 1. The molecule has 1 amide bonds. The lowest BCUT2D eigenvalue weighted by atomic mass is 10.2. The van der Waals surface area contributed by atoms with Crippen molar-refractivity contribution >= 4 is 17.6 Å². The van der Waals surface area contributed by atoms with Crippen molar-refractivity contribution in [3.63, 3.8) is 0 Å². The third-order valence-corrected chi connectivity index (χ3v) is 3.40. The van der Waals surface area contributed by atoms with Gasteiger partial charge in [-0.15, -0.1) is 0 Å². The van der Waals surface area contributed by atoms with Crippen molar-refractivity contribution in [3.05, 3.63) is 70.0 Å². The fraction of sp³-hybridized carbons (Fsp3) is 0.222. The summed E-state index contributed by atoms with van der Waals surface area (Å²) in [6.45, 7) is -0.00583.